The van der Waals surface area contributed by atoms with Gasteiger partial charge >= 0.3 is 0 Å². The minimum absolute atomic E-state index is 0.586. The second kappa shape index (κ2) is 4.50. The molecular weight excluding hydrogens is 242 g/mol. The van der Waals surface area contributed by atoms with Crippen molar-refractivity contribution in [1.82, 2.24) is 9.97 Å². The molecule has 0 amide bonds. The van der Waals surface area contributed by atoms with Gasteiger partial charge in [0.2, 0.25) is 0 Å². The zero-order valence-electron chi connectivity index (χ0n) is 11.2. The lowest BCUT2D eigenvalue weighted by Gasteiger charge is -2.28. The highest BCUT2D eigenvalue weighted by molar-refractivity contribution is 7.16. The molecule has 2 aromatic heterocycles. The molecule has 0 N–H and O–H groups in total. The second-order valence-electron chi connectivity index (χ2n) is 5.14. The topological polar surface area (TPSA) is 29.0 Å². The van der Waals surface area contributed by atoms with E-state index in [1.165, 1.54) is 18.2 Å². The minimum atomic E-state index is 0.586. The maximum atomic E-state index is 4.80. The first kappa shape index (κ1) is 11.9. The number of aromatic nitrogens is 2. The van der Waals surface area contributed by atoms with Crippen molar-refractivity contribution < 1.29 is 0 Å². The summed E-state index contributed by atoms with van der Waals surface area (Å²) >= 11 is 1.71. The van der Waals surface area contributed by atoms with Gasteiger partial charge in [-0.15, -0.1) is 11.3 Å². The average molecular weight is 261 g/mol. The van der Waals surface area contributed by atoms with Crippen LogP contribution in [-0.2, 0) is 6.42 Å². The SMILES string of the molecule is CCc1nc(N2C(C)CCC2C)c2ccsc2n1. The molecule has 96 valence electrons. The minimum Gasteiger partial charge on any atom is -0.351 e. The van der Waals surface area contributed by atoms with Gasteiger partial charge in [0.15, 0.2) is 0 Å². The molecule has 1 aliphatic rings. The molecule has 0 bridgehead atoms. The third-order valence-electron chi connectivity index (χ3n) is 3.86. The summed E-state index contributed by atoms with van der Waals surface area (Å²) in [6.07, 6.45) is 3.42. The molecule has 4 heteroatoms. The summed E-state index contributed by atoms with van der Waals surface area (Å²) in [5.74, 6) is 2.11. The van der Waals surface area contributed by atoms with E-state index in [1.54, 1.807) is 11.3 Å². The van der Waals surface area contributed by atoms with Crippen LogP contribution in [0.4, 0.5) is 5.82 Å². The number of thiophene rings is 1. The highest BCUT2D eigenvalue weighted by Crippen LogP contribution is 2.35. The van der Waals surface area contributed by atoms with Gasteiger partial charge < -0.3 is 4.90 Å². The van der Waals surface area contributed by atoms with Crippen LogP contribution in [0.1, 0.15) is 39.4 Å². The van der Waals surface area contributed by atoms with E-state index in [0.717, 1.165) is 22.9 Å². The number of hydrogen-bond acceptors (Lipinski definition) is 4. The van der Waals surface area contributed by atoms with Crippen LogP contribution in [-0.4, -0.2) is 22.1 Å². The molecule has 0 spiro atoms. The van der Waals surface area contributed by atoms with Crippen molar-refractivity contribution in [2.45, 2.75) is 52.1 Å². The fourth-order valence-corrected chi connectivity index (χ4v) is 3.63. The number of hydrogen-bond donors (Lipinski definition) is 0. The molecule has 0 aromatic carbocycles. The quantitative estimate of drug-likeness (QED) is 0.826. The van der Waals surface area contributed by atoms with Crippen LogP contribution in [0.2, 0.25) is 0 Å². The standard InChI is InChI=1S/C14H19N3S/c1-4-12-15-13(11-7-8-18-14(11)16-12)17-9(2)5-6-10(17)3/h7-10H,4-6H2,1-3H3. The van der Waals surface area contributed by atoms with Crippen LogP contribution >= 0.6 is 11.3 Å². The first-order valence-corrected chi connectivity index (χ1v) is 7.61. The Labute approximate surface area is 112 Å². The largest absolute Gasteiger partial charge is 0.351 e. The fourth-order valence-electron chi connectivity index (χ4n) is 2.85. The van der Waals surface area contributed by atoms with E-state index in [-0.39, 0.29) is 0 Å². The van der Waals surface area contributed by atoms with E-state index in [9.17, 15) is 0 Å². The third-order valence-corrected chi connectivity index (χ3v) is 4.67. The Morgan fingerprint density at radius 2 is 2.00 bits per heavy atom. The van der Waals surface area contributed by atoms with Gasteiger partial charge in [0, 0.05) is 18.5 Å². The van der Waals surface area contributed by atoms with Gasteiger partial charge in [-0.05, 0) is 38.1 Å². The molecule has 2 atom stereocenters. The summed E-state index contributed by atoms with van der Waals surface area (Å²) in [5, 5.41) is 3.34. The Hall–Kier alpha value is -1.16. The Balaban J connectivity index is 2.17. The molecule has 1 aliphatic heterocycles. The van der Waals surface area contributed by atoms with E-state index in [1.807, 2.05) is 0 Å². The first-order valence-electron chi connectivity index (χ1n) is 6.73. The summed E-state index contributed by atoms with van der Waals surface area (Å²) in [6.45, 7) is 6.72. The van der Waals surface area contributed by atoms with Crippen LogP contribution in [0.15, 0.2) is 11.4 Å². The summed E-state index contributed by atoms with van der Waals surface area (Å²) in [6, 6.07) is 3.33. The Kier molecular flexibility index (Phi) is 2.98. The second-order valence-corrected chi connectivity index (χ2v) is 6.03. The third kappa shape index (κ3) is 1.79. The molecule has 2 unspecified atom stereocenters. The molecule has 3 rings (SSSR count). The van der Waals surface area contributed by atoms with Crippen LogP contribution in [0, 0.1) is 0 Å². The lowest BCUT2D eigenvalue weighted by molar-refractivity contribution is 0.682. The van der Waals surface area contributed by atoms with Gasteiger partial charge in [0.1, 0.15) is 16.5 Å². The van der Waals surface area contributed by atoms with Crippen molar-refractivity contribution in [2.24, 2.45) is 0 Å². The van der Waals surface area contributed by atoms with Crippen molar-refractivity contribution in [3.8, 4) is 0 Å². The lowest BCUT2D eigenvalue weighted by Crippen LogP contribution is -2.33. The van der Waals surface area contributed by atoms with Gasteiger partial charge in [-0.3, -0.25) is 0 Å². The fraction of sp³-hybridized carbons (Fsp3) is 0.571. The number of fused-ring (bicyclic) bond motifs is 1. The highest BCUT2D eigenvalue weighted by Gasteiger charge is 2.30. The molecule has 0 saturated carbocycles. The smallest absolute Gasteiger partial charge is 0.141 e. The van der Waals surface area contributed by atoms with E-state index < -0.39 is 0 Å². The van der Waals surface area contributed by atoms with Crippen molar-refractivity contribution in [3.63, 3.8) is 0 Å². The summed E-state index contributed by atoms with van der Waals surface area (Å²) < 4.78 is 0. The number of aryl methyl sites for hydroxylation is 1. The van der Waals surface area contributed by atoms with Crippen molar-refractivity contribution >= 4 is 27.4 Å². The van der Waals surface area contributed by atoms with Crippen LogP contribution < -0.4 is 4.90 Å². The van der Waals surface area contributed by atoms with Gasteiger partial charge in [-0.1, -0.05) is 6.92 Å². The van der Waals surface area contributed by atoms with Gasteiger partial charge in [0.05, 0.1) is 5.39 Å². The highest BCUT2D eigenvalue weighted by atomic mass is 32.1. The monoisotopic (exact) mass is 261 g/mol. The van der Waals surface area contributed by atoms with Crippen LogP contribution in [0.25, 0.3) is 10.2 Å². The first-order chi connectivity index (χ1) is 8.70. The molecule has 0 aliphatic carbocycles. The van der Waals surface area contributed by atoms with Gasteiger partial charge in [0.25, 0.3) is 0 Å². The maximum absolute atomic E-state index is 4.80. The van der Waals surface area contributed by atoms with Gasteiger partial charge in [-0.25, -0.2) is 9.97 Å². The Morgan fingerprint density at radius 3 is 2.67 bits per heavy atom. The number of rotatable bonds is 2. The molecule has 3 heterocycles. The van der Waals surface area contributed by atoms with Crippen molar-refractivity contribution in [2.75, 3.05) is 4.90 Å². The summed E-state index contributed by atoms with van der Waals surface area (Å²) in [4.78, 5) is 13.0. The molecular formula is C14H19N3S. The summed E-state index contributed by atoms with van der Waals surface area (Å²) in [5.41, 5.74) is 0. The maximum Gasteiger partial charge on any atom is 0.141 e. The van der Waals surface area contributed by atoms with E-state index in [2.05, 4.69) is 42.1 Å². The van der Waals surface area contributed by atoms with Crippen LogP contribution in [0.5, 0.6) is 0 Å². The molecule has 2 aromatic rings. The average Bonchev–Trinajstić information content (AvgIpc) is 2.95. The molecule has 18 heavy (non-hydrogen) atoms. The summed E-state index contributed by atoms with van der Waals surface area (Å²) in [7, 11) is 0. The van der Waals surface area contributed by atoms with Crippen molar-refractivity contribution in [3.05, 3.63) is 17.3 Å². The van der Waals surface area contributed by atoms with E-state index >= 15 is 0 Å². The molecule has 1 fully saturated rings. The zero-order valence-corrected chi connectivity index (χ0v) is 12.0. The predicted molar refractivity (Wildman–Crippen MR) is 77.4 cm³/mol. The lowest BCUT2D eigenvalue weighted by atomic mass is 10.2. The number of nitrogens with zero attached hydrogens (tertiary/aromatic N) is 3. The molecule has 0 radical (unpaired) electrons. The number of anilines is 1. The Bertz CT molecular complexity index is 553. The normalized spacial score (nSPS) is 24.1. The van der Waals surface area contributed by atoms with Gasteiger partial charge in [-0.2, -0.15) is 0 Å². The van der Waals surface area contributed by atoms with Crippen LogP contribution in [0.3, 0.4) is 0 Å². The van der Waals surface area contributed by atoms with E-state index in [4.69, 9.17) is 4.98 Å². The van der Waals surface area contributed by atoms with E-state index in [0.29, 0.717) is 12.1 Å². The predicted octanol–water partition coefficient (Wildman–Crippen LogP) is 3.63. The molecule has 3 nitrogen and oxygen atoms in total. The van der Waals surface area contributed by atoms with Crippen molar-refractivity contribution in [1.29, 1.82) is 0 Å². The molecule has 1 saturated heterocycles. The zero-order chi connectivity index (χ0) is 12.7. The Morgan fingerprint density at radius 1 is 1.28 bits per heavy atom.